The molecular formula is C20H22N4O5S. The molecule has 0 aliphatic carbocycles. The van der Waals surface area contributed by atoms with Gasteiger partial charge < -0.3 is 4.90 Å². The lowest BCUT2D eigenvalue weighted by Crippen LogP contribution is -2.39. The van der Waals surface area contributed by atoms with Gasteiger partial charge in [-0.05, 0) is 50.2 Å². The Kier molecular flexibility index (Phi) is 5.38. The van der Waals surface area contributed by atoms with E-state index < -0.39 is 27.0 Å². The van der Waals surface area contributed by atoms with E-state index in [0.717, 1.165) is 10.8 Å². The van der Waals surface area contributed by atoms with Gasteiger partial charge in [-0.2, -0.15) is 0 Å². The Bertz CT molecular complexity index is 1370. The van der Waals surface area contributed by atoms with E-state index >= 15 is 0 Å². The summed E-state index contributed by atoms with van der Waals surface area (Å²) in [6.07, 6.45) is 1.11. The van der Waals surface area contributed by atoms with E-state index in [4.69, 9.17) is 0 Å². The van der Waals surface area contributed by atoms with Crippen molar-refractivity contribution < 1.29 is 13.2 Å². The Labute approximate surface area is 173 Å². The molecule has 0 unspecified atom stereocenters. The van der Waals surface area contributed by atoms with Crippen LogP contribution in [0.1, 0.15) is 24.3 Å². The molecule has 1 aromatic carbocycles. The number of benzene rings is 1. The van der Waals surface area contributed by atoms with Gasteiger partial charge in [0, 0.05) is 32.1 Å². The van der Waals surface area contributed by atoms with Gasteiger partial charge in [0.15, 0.2) is 9.84 Å². The first-order chi connectivity index (χ1) is 13.9. The molecule has 0 spiro atoms. The lowest BCUT2D eigenvalue weighted by atomic mass is 10.2. The van der Waals surface area contributed by atoms with Crippen molar-refractivity contribution in [1.29, 1.82) is 0 Å². The van der Waals surface area contributed by atoms with Gasteiger partial charge in [0.05, 0.1) is 10.3 Å². The quantitative estimate of drug-likeness (QED) is 0.613. The second kappa shape index (κ2) is 7.52. The number of rotatable bonds is 4. The minimum absolute atomic E-state index is 0.0617. The molecule has 0 aliphatic heterocycles. The van der Waals surface area contributed by atoms with E-state index in [1.807, 2.05) is 13.8 Å². The smallest absolute Gasteiger partial charge is 0.305 e. The Morgan fingerprint density at radius 1 is 1.00 bits per heavy atom. The molecule has 10 heteroatoms. The highest BCUT2D eigenvalue weighted by Gasteiger charge is 2.23. The van der Waals surface area contributed by atoms with E-state index in [-0.39, 0.29) is 27.7 Å². The van der Waals surface area contributed by atoms with Gasteiger partial charge in [-0.3, -0.25) is 18.7 Å². The zero-order chi connectivity index (χ0) is 22.4. The molecule has 1 amide bonds. The summed E-state index contributed by atoms with van der Waals surface area (Å²) in [5, 5.41) is 0.227. The molecule has 0 atom stereocenters. The van der Waals surface area contributed by atoms with Crippen LogP contribution in [-0.2, 0) is 23.9 Å². The van der Waals surface area contributed by atoms with Gasteiger partial charge in [0.25, 0.3) is 11.5 Å². The summed E-state index contributed by atoms with van der Waals surface area (Å²) in [7, 11) is -0.498. The summed E-state index contributed by atoms with van der Waals surface area (Å²) in [6, 6.07) is 8.65. The van der Waals surface area contributed by atoms with E-state index in [0.29, 0.717) is 5.69 Å². The Balaban J connectivity index is 2.12. The third-order valence-corrected chi connectivity index (χ3v) is 5.93. The molecule has 0 bridgehead atoms. The minimum atomic E-state index is -3.36. The highest BCUT2D eigenvalue weighted by Crippen LogP contribution is 2.22. The molecule has 0 saturated heterocycles. The van der Waals surface area contributed by atoms with Crippen LogP contribution in [0.3, 0.4) is 0 Å². The van der Waals surface area contributed by atoms with Gasteiger partial charge in [-0.1, -0.05) is 0 Å². The molecule has 0 saturated carbocycles. The maximum absolute atomic E-state index is 13.2. The summed E-state index contributed by atoms with van der Waals surface area (Å²) >= 11 is 0. The predicted octanol–water partition coefficient (Wildman–Crippen LogP) is 1.09. The van der Waals surface area contributed by atoms with Crippen LogP contribution in [0, 0.1) is 0 Å². The van der Waals surface area contributed by atoms with Crippen molar-refractivity contribution in [1.82, 2.24) is 14.1 Å². The van der Waals surface area contributed by atoms with Crippen LogP contribution in [0.5, 0.6) is 0 Å². The van der Waals surface area contributed by atoms with E-state index in [1.54, 1.807) is 12.1 Å². The van der Waals surface area contributed by atoms with Crippen LogP contribution < -0.4 is 16.1 Å². The lowest BCUT2D eigenvalue weighted by molar-refractivity contribution is 0.0975. The second-order valence-electron chi connectivity index (χ2n) is 7.31. The monoisotopic (exact) mass is 430 g/mol. The van der Waals surface area contributed by atoms with Crippen molar-refractivity contribution in [3.63, 3.8) is 0 Å². The average molecular weight is 430 g/mol. The molecule has 9 nitrogen and oxygen atoms in total. The molecule has 0 fully saturated rings. The van der Waals surface area contributed by atoms with Crippen molar-refractivity contribution in [3.8, 4) is 0 Å². The molecule has 0 aliphatic rings. The summed E-state index contributed by atoms with van der Waals surface area (Å²) in [4.78, 5) is 43.7. The Hall–Kier alpha value is -3.27. The van der Waals surface area contributed by atoms with Gasteiger partial charge in [-0.15, -0.1) is 0 Å². The highest BCUT2D eigenvalue weighted by atomic mass is 32.2. The fourth-order valence-electron chi connectivity index (χ4n) is 3.20. The van der Waals surface area contributed by atoms with Crippen LogP contribution in [0.4, 0.5) is 5.69 Å². The number of carbonyl (C=O) groups is 1. The largest absolute Gasteiger partial charge is 0.332 e. The number of anilines is 1. The Morgan fingerprint density at radius 3 is 2.13 bits per heavy atom. The number of nitrogens with zero attached hydrogens (tertiary/aromatic N) is 4. The lowest BCUT2D eigenvalue weighted by Gasteiger charge is -2.27. The highest BCUT2D eigenvalue weighted by molar-refractivity contribution is 7.90. The first-order valence-corrected chi connectivity index (χ1v) is 11.0. The van der Waals surface area contributed by atoms with Gasteiger partial charge in [0.2, 0.25) is 0 Å². The van der Waals surface area contributed by atoms with E-state index in [2.05, 4.69) is 4.98 Å². The van der Waals surface area contributed by atoms with Crippen molar-refractivity contribution in [2.24, 2.45) is 14.1 Å². The standard InChI is InChI=1S/C20H22N4O5S/c1-12(2)24(13-6-8-14(9-7-13)30(5,28)29)19(26)16-11-10-15-17(21-16)22(3)20(27)23(4)18(15)25/h6-12H,1-5H3. The van der Waals surface area contributed by atoms with Crippen LogP contribution in [0.15, 0.2) is 50.9 Å². The minimum Gasteiger partial charge on any atom is -0.305 e. The van der Waals surface area contributed by atoms with Crippen molar-refractivity contribution in [2.75, 3.05) is 11.2 Å². The van der Waals surface area contributed by atoms with Gasteiger partial charge in [-0.25, -0.2) is 18.2 Å². The average Bonchev–Trinajstić information content (AvgIpc) is 2.69. The van der Waals surface area contributed by atoms with Crippen LogP contribution in [0.25, 0.3) is 11.0 Å². The summed E-state index contributed by atoms with van der Waals surface area (Å²) in [5.41, 5.74) is -0.350. The molecule has 2 aromatic heterocycles. The number of aromatic nitrogens is 3. The van der Waals surface area contributed by atoms with Crippen molar-refractivity contribution in [3.05, 3.63) is 62.9 Å². The van der Waals surface area contributed by atoms with Gasteiger partial charge in [0.1, 0.15) is 11.3 Å². The topological polar surface area (TPSA) is 111 Å². The maximum atomic E-state index is 13.2. The molecule has 2 heterocycles. The number of carbonyl (C=O) groups excluding carboxylic acids is 1. The number of fused-ring (bicyclic) bond motifs is 1. The van der Waals surface area contributed by atoms with Crippen molar-refractivity contribution in [2.45, 2.75) is 24.8 Å². The molecular weight excluding hydrogens is 408 g/mol. The fourth-order valence-corrected chi connectivity index (χ4v) is 3.83. The maximum Gasteiger partial charge on any atom is 0.332 e. The van der Waals surface area contributed by atoms with Gasteiger partial charge >= 0.3 is 5.69 Å². The van der Waals surface area contributed by atoms with Crippen molar-refractivity contribution >= 4 is 32.5 Å². The van der Waals surface area contributed by atoms with E-state index in [9.17, 15) is 22.8 Å². The molecule has 0 N–H and O–H groups in total. The molecule has 3 aromatic rings. The zero-order valence-electron chi connectivity index (χ0n) is 17.3. The third kappa shape index (κ3) is 3.65. The number of sulfone groups is 1. The molecule has 0 radical (unpaired) electrons. The number of hydrogen-bond acceptors (Lipinski definition) is 6. The molecule has 30 heavy (non-hydrogen) atoms. The first-order valence-electron chi connectivity index (χ1n) is 9.14. The second-order valence-corrected chi connectivity index (χ2v) is 9.32. The number of amides is 1. The summed E-state index contributed by atoms with van der Waals surface area (Å²) in [5.74, 6) is -0.438. The number of aryl methyl sites for hydroxylation is 1. The predicted molar refractivity (Wildman–Crippen MR) is 114 cm³/mol. The fraction of sp³-hybridized carbons (Fsp3) is 0.300. The van der Waals surface area contributed by atoms with Crippen LogP contribution in [0.2, 0.25) is 0 Å². The SMILES string of the molecule is CC(C)N(C(=O)c1ccc2c(=O)n(C)c(=O)n(C)c2n1)c1ccc(S(C)(=O)=O)cc1. The molecule has 3 rings (SSSR count). The number of pyridine rings is 1. The summed E-state index contributed by atoms with van der Waals surface area (Å²) in [6.45, 7) is 3.63. The van der Waals surface area contributed by atoms with E-state index in [1.165, 1.54) is 47.8 Å². The zero-order valence-corrected chi connectivity index (χ0v) is 18.1. The summed E-state index contributed by atoms with van der Waals surface area (Å²) < 4.78 is 25.6. The number of hydrogen-bond donors (Lipinski definition) is 0. The molecule has 158 valence electrons. The third-order valence-electron chi connectivity index (χ3n) is 4.80. The van der Waals surface area contributed by atoms with Crippen LogP contribution >= 0.6 is 0 Å². The normalized spacial score (nSPS) is 11.8. The first kappa shape index (κ1) is 21.4. The Morgan fingerprint density at radius 2 is 1.60 bits per heavy atom. The van der Waals surface area contributed by atoms with Crippen LogP contribution in [-0.4, -0.2) is 40.7 Å².